The van der Waals surface area contributed by atoms with Crippen molar-refractivity contribution in [3.8, 4) is 0 Å². The van der Waals surface area contributed by atoms with Crippen LogP contribution in [0.5, 0.6) is 0 Å². The first-order valence-corrected chi connectivity index (χ1v) is 5.68. The predicted octanol–water partition coefficient (Wildman–Crippen LogP) is 1.86. The molecule has 78 valence electrons. The molecule has 1 rings (SSSR count). The molecule has 0 radical (unpaired) electrons. The van der Waals surface area contributed by atoms with Gasteiger partial charge in [0.05, 0.1) is 23.1 Å². The van der Waals surface area contributed by atoms with E-state index in [-0.39, 0.29) is 12.0 Å². The van der Waals surface area contributed by atoms with Crippen LogP contribution in [-0.2, 0) is 9.53 Å². The second-order valence-electron chi connectivity index (χ2n) is 2.72. The topological polar surface area (TPSA) is 65.2 Å². The van der Waals surface area contributed by atoms with Crippen molar-refractivity contribution >= 4 is 33.2 Å². The second-order valence-corrected chi connectivity index (χ2v) is 5.17. The van der Waals surface area contributed by atoms with Crippen molar-refractivity contribution in [3.63, 3.8) is 0 Å². The van der Waals surface area contributed by atoms with Crippen LogP contribution in [0, 0.1) is 0 Å². The Balaban J connectivity index is 2.42. The molecule has 0 spiro atoms. The van der Waals surface area contributed by atoms with Crippen LogP contribution in [0.3, 0.4) is 0 Å². The summed E-state index contributed by atoms with van der Waals surface area (Å²) in [4.78, 5) is 15.0. The molecule has 14 heavy (non-hydrogen) atoms. The Morgan fingerprint density at radius 2 is 2.57 bits per heavy atom. The zero-order valence-corrected chi connectivity index (χ0v) is 10.1. The van der Waals surface area contributed by atoms with Gasteiger partial charge in [-0.25, -0.2) is 4.98 Å². The van der Waals surface area contributed by atoms with Gasteiger partial charge in [0.15, 0.2) is 0 Å². The van der Waals surface area contributed by atoms with Crippen LogP contribution < -0.4 is 5.73 Å². The average Bonchev–Trinajstić information content (AvgIpc) is 2.60. The fourth-order valence-electron chi connectivity index (χ4n) is 0.937. The molecule has 1 heterocycles. The van der Waals surface area contributed by atoms with Crippen molar-refractivity contribution < 1.29 is 9.53 Å². The van der Waals surface area contributed by atoms with Gasteiger partial charge >= 0.3 is 5.97 Å². The van der Waals surface area contributed by atoms with Crippen LogP contribution >= 0.6 is 27.3 Å². The van der Waals surface area contributed by atoms with E-state index in [9.17, 15) is 4.79 Å². The third-order valence-corrected chi connectivity index (χ3v) is 3.31. The van der Waals surface area contributed by atoms with Crippen LogP contribution in [0.15, 0.2) is 9.98 Å². The number of nitrogens with zero attached hydrogens (tertiary/aromatic N) is 1. The van der Waals surface area contributed by atoms with Gasteiger partial charge < -0.3 is 10.5 Å². The number of rotatable bonds is 4. The standard InChI is InChI=1S/C8H11BrN2O2S/c1-13-7(12)3-2-5(10)8-11-4-6(9)14-8/h4-5H,2-3,10H2,1H3. The first-order chi connectivity index (χ1) is 6.63. The summed E-state index contributed by atoms with van der Waals surface area (Å²) >= 11 is 4.79. The Kier molecular flexibility index (Phi) is 4.50. The van der Waals surface area contributed by atoms with Crippen LogP contribution in [0.25, 0.3) is 0 Å². The lowest BCUT2D eigenvalue weighted by atomic mass is 10.2. The molecule has 0 saturated carbocycles. The smallest absolute Gasteiger partial charge is 0.305 e. The van der Waals surface area contributed by atoms with Crippen LogP contribution in [0.4, 0.5) is 0 Å². The molecule has 0 aliphatic rings. The number of halogens is 1. The Hall–Kier alpha value is -0.460. The van der Waals surface area contributed by atoms with Gasteiger partial charge in [-0.2, -0.15) is 0 Å². The number of esters is 1. The van der Waals surface area contributed by atoms with E-state index >= 15 is 0 Å². The third-order valence-electron chi connectivity index (χ3n) is 1.70. The number of nitrogens with two attached hydrogens (primary N) is 1. The lowest BCUT2D eigenvalue weighted by Gasteiger charge is -2.06. The molecule has 0 amide bonds. The summed E-state index contributed by atoms with van der Waals surface area (Å²) in [5.41, 5.74) is 5.83. The fourth-order valence-corrected chi connectivity index (χ4v) is 2.22. The van der Waals surface area contributed by atoms with Crippen molar-refractivity contribution in [1.29, 1.82) is 0 Å². The van der Waals surface area contributed by atoms with Crippen molar-refractivity contribution in [2.45, 2.75) is 18.9 Å². The third kappa shape index (κ3) is 3.36. The summed E-state index contributed by atoms with van der Waals surface area (Å²) in [5.74, 6) is -0.240. The van der Waals surface area contributed by atoms with E-state index in [1.54, 1.807) is 6.20 Å². The van der Waals surface area contributed by atoms with Gasteiger partial charge in [-0.3, -0.25) is 4.79 Å². The molecule has 0 saturated heterocycles. The largest absolute Gasteiger partial charge is 0.469 e. The fraction of sp³-hybridized carbons (Fsp3) is 0.500. The number of carbonyl (C=O) groups excluding carboxylic acids is 1. The quantitative estimate of drug-likeness (QED) is 0.854. The van der Waals surface area contributed by atoms with Gasteiger partial charge in [0.2, 0.25) is 0 Å². The summed E-state index contributed by atoms with van der Waals surface area (Å²) in [7, 11) is 1.37. The summed E-state index contributed by atoms with van der Waals surface area (Å²) in [6, 6.07) is -0.189. The minimum absolute atomic E-state index is 0.189. The summed E-state index contributed by atoms with van der Waals surface area (Å²) in [6.07, 6.45) is 2.60. The van der Waals surface area contributed by atoms with E-state index in [0.29, 0.717) is 12.8 Å². The Morgan fingerprint density at radius 1 is 1.86 bits per heavy atom. The lowest BCUT2D eigenvalue weighted by molar-refractivity contribution is -0.140. The Morgan fingerprint density at radius 3 is 3.07 bits per heavy atom. The number of ether oxygens (including phenoxy) is 1. The number of hydrogen-bond acceptors (Lipinski definition) is 5. The van der Waals surface area contributed by atoms with Crippen molar-refractivity contribution in [1.82, 2.24) is 4.98 Å². The van der Waals surface area contributed by atoms with Gasteiger partial charge in [-0.15, -0.1) is 11.3 Å². The molecule has 6 heteroatoms. The van der Waals surface area contributed by atoms with E-state index in [0.717, 1.165) is 8.79 Å². The number of aromatic nitrogens is 1. The van der Waals surface area contributed by atoms with Crippen molar-refractivity contribution in [2.75, 3.05) is 7.11 Å². The lowest BCUT2D eigenvalue weighted by Crippen LogP contribution is -2.12. The maximum absolute atomic E-state index is 10.8. The summed E-state index contributed by atoms with van der Waals surface area (Å²) in [6.45, 7) is 0. The highest BCUT2D eigenvalue weighted by atomic mass is 79.9. The molecule has 1 unspecified atom stereocenters. The van der Waals surface area contributed by atoms with E-state index in [1.165, 1.54) is 18.4 Å². The SMILES string of the molecule is COC(=O)CCC(N)c1ncc(Br)s1. The molecular formula is C8H11BrN2O2S. The van der Waals surface area contributed by atoms with Gasteiger partial charge in [0.1, 0.15) is 5.01 Å². The van der Waals surface area contributed by atoms with Gasteiger partial charge in [-0.05, 0) is 22.4 Å². The molecule has 0 aliphatic heterocycles. The van der Waals surface area contributed by atoms with Crippen molar-refractivity contribution in [2.24, 2.45) is 5.73 Å². The van der Waals surface area contributed by atoms with Gasteiger partial charge in [0.25, 0.3) is 0 Å². The molecule has 0 bridgehead atoms. The first kappa shape index (κ1) is 11.6. The summed E-state index contributed by atoms with van der Waals surface area (Å²) in [5, 5.41) is 0.834. The van der Waals surface area contributed by atoms with E-state index in [4.69, 9.17) is 5.73 Å². The molecule has 0 fully saturated rings. The number of methoxy groups -OCH3 is 1. The zero-order valence-electron chi connectivity index (χ0n) is 7.70. The molecule has 4 nitrogen and oxygen atoms in total. The van der Waals surface area contributed by atoms with Crippen LogP contribution in [0.1, 0.15) is 23.9 Å². The van der Waals surface area contributed by atoms with Crippen molar-refractivity contribution in [3.05, 3.63) is 15.0 Å². The highest BCUT2D eigenvalue weighted by Crippen LogP contribution is 2.25. The first-order valence-electron chi connectivity index (χ1n) is 4.07. The Labute approximate surface area is 94.6 Å². The van der Waals surface area contributed by atoms with E-state index < -0.39 is 0 Å². The van der Waals surface area contributed by atoms with Gasteiger partial charge in [-0.1, -0.05) is 0 Å². The second kappa shape index (κ2) is 5.43. The average molecular weight is 279 g/mol. The van der Waals surface area contributed by atoms with E-state index in [1.807, 2.05) is 0 Å². The normalized spacial score (nSPS) is 12.5. The van der Waals surface area contributed by atoms with Gasteiger partial charge in [0, 0.05) is 6.42 Å². The minimum atomic E-state index is -0.240. The van der Waals surface area contributed by atoms with Crippen LogP contribution in [-0.4, -0.2) is 18.1 Å². The minimum Gasteiger partial charge on any atom is -0.469 e. The highest BCUT2D eigenvalue weighted by molar-refractivity contribution is 9.11. The van der Waals surface area contributed by atoms with E-state index in [2.05, 4.69) is 25.7 Å². The zero-order chi connectivity index (χ0) is 10.6. The molecule has 0 aromatic carbocycles. The molecule has 2 N–H and O–H groups in total. The van der Waals surface area contributed by atoms with Crippen LogP contribution in [0.2, 0.25) is 0 Å². The summed E-state index contributed by atoms with van der Waals surface area (Å²) < 4.78 is 5.47. The molecular weight excluding hydrogens is 268 g/mol. The maximum Gasteiger partial charge on any atom is 0.305 e. The Bertz CT molecular complexity index is 316. The number of hydrogen-bond donors (Lipinski definition) is 1. The highest BCUT2D eigenvalue weighted by Gasteiger charge is 2.12. The predicted molar refractivity (Wildman–Crippen MR) is 58.0 cm³/mol. The molecule has 1 atom stereocenters. The molecule has 1 aromatic rings. The monoisotopic (exact) mass is 278 g/mol. The number of carbonyl (C=O) groups is 1. The number of thiazole rings is 1. The molecule has 1 aromatic heterocycles. The molecule has 0 aliphatic carbocycles. The maximum atomic E-state index is 10.8.